The monoisotopic (exact) mass is 363 g/mol. The lowest BCUT2D eigenvalue weighted by atomic mass is 10.1. The number of rotatable bonds is 4. The van der Waals surface area contributed by atoms with E-state index in [9.17, 15) is 14.4 Å². The van der Waals surface area contributed by atoms with E-state index < -0.39 is 17.8 Å². The second-order valence-electron chi connectivity index (χ2n) is 5.30. The minimum absolute atomic E-state index is 0.213. The minimum atomic E-state index is -0.768. The smallest absolute Gasteiger partial charge is 0.325 e. The number of imide groups is 1. The van der Waals surface area contributed by atoms with Gasteiger partial charge in [0.15, 0.2) is 0 Å². The number of amides is 4. The average molecular weight is 363 g/mol. The number of likely N-dealkylation sites (N-methyl/N-ethyl adjacent to an activating group) is 1. The molecule has 3 heterocycles. The van der Waals surface area contributed by atoms with E-state index in [-0.39, 0.29) is 12.6 Å². The lowest BCUT2D eigenvalue weighted by Crippen LogP contribution is -2.58. The van der Waals surface area contributed by atoms with E-state index in [4.69, 9.17) is 0 Å². The van der Waals surface area contributed by atoms with Gasteiger partial charge in [-0.2, -0.15) is 11.3 Å². The summed E-state index contributed by atoms with van der Waals surface area (Å²) >= 11 is 3.08. The summed E-state index contributed by atoms with van der Waals surface area (Å²) < 4.78 is 0. The first-order chi connectivity index (χ1) is 11.6. The number of urea groups is 1. The predicted octanol–water partition coefficient (Wildman–Crippen LogP) is 2.30. The normalized spacial score (nSPS) is 16.4. The highest BCUT2D eigenvalue weighted by Crippen LogP contribution is 2.27. The molecule has 1 saturated heterocycles. The number of carbonyl (C=O) groups excluding carboxylic acids is 3. The Morgan fingerprint density at radius 1 is 1.25 bits per heavy atom. The maximum atomic E-state index is 12.6. The summed E-state index contributed by atoms with van der Waals surface area (Å²) in [7, 11) is 0. The third-order valence-electron chi connectivity index (χ3n) is 3.91. The van der Waals surface area contributed by atoms with Crippen molar-refractivity contribution in [3.8, 4) is 0 Å². The van der Waals surface area contributed by atoms with Crippen LogP contribution in [0.3, 0.4) is 0 Å². The van der Waals surface area contributed by atoms with Gasteiger partial charge in [-0.15, -0.1) is 11.3 Å². The number of nitrogens with zero attached hydrogens (tertiary/aromatic N) is 2. The maximum Gasteiger partial charge on any atom is 0.325 e. The molecule has 1 atom stereocenters. The van der Waals surface area contributed by atoms with E-state index in [2.05, 4.69) is 5.32 Å². The Kier molecular flexibility index (Phi) is 4.96. The van der Waals surface area contributed by atoms with Gasteiger partial charge in [-0.3, -0.25) is 14.5 Å². The molecule has 8 heteroatoms. The Morgan fingerprint density at radius 3 is 2.71 bits per heavy atom. The summed E-state index contributed by atoms with van der Waals surface area (Å²) in [6.07, 6.45) is 0. The van der Waals surface area contributed by atoms with Gasteiger partial charge >= 0.3 is 17.8 Å². The van der Waals surface area contributed by atoms with Crippen molar-refractivity contribution in [2.24, 2.45) is 0 Å². The molecule has 1 aliphatic rings. The Morgan fingerprint density at radius 2 is 2.08 bits per heavy atom. The molecule has 3 rings (SSSR count). The molecule has 0 aliphatic carbocycles. The van der Waals surface area contributed by atoms with Gasteiger partial charge in [-0.05, 0) is 40.8 Å². The van der Waals surface area contributed by atoms with E-state index in [0.717, 1.165) is 15.3 Å². The van der Waals surface area contributed by atoms with Gasteiger partial charge in [0.25, 0.3) is 0 Å². The van der Waals surface area contributed by atoms with Crippen molar-refractivity contribution in [3.05, 3.63) is 44.8 Å². The highest BCUT2D eigenvalue weighted by atomic mass is 32.1. The van der Waals surface area contributed by atoms with Crippen molar-refractivity contribution < 1.29 is 14.4 Å². The third kappa shape index (κ3) is 3.20. The zero-order chi connectivity index (χ0) is 17.1. The van der Waals surface area contributed by atoms with Crippen LogP contribution in [0, 0.1) is 0 Å². The van der Waals surface area contributed by atoms with Gasteiger partial charge < -0.3 is 10.2 Å². The minimum Gasteiger partial charge on any atom is -0.333 e. The van der Waals surface area contributed by atoms with Crippen molar-refractivity contribution in [3.63, 3.8) is 0 Å². The molecule has 2 aromatic heterocycles. The van der Waals surface area contributed by atoms with Gasteiger partial charge in [0, 0.05) is 24.5 Å². The first-order valence-electron chi connectivity index (χ1n) is 7.58. The molecule has 126 valence electrons. The van der Waals surface area contributed by atoms with Crippen LogP contribution < -0.4 is 5.32 Å². The number of thiophene rings is 2. The summed E-state index contributed by atoms with van der Waals surface area (Å²) in [4.78, 5) is 40.2. The van der Waals surface area contributed by atoms with Crippen molar-refractivity contribution in [2.75, 3.05) is 19.6 Å². The molecule has 1 fully saturated rings. The molecule has 2 aromatic rings. The van der Waals surface area contributed by atoms with Crippen LogP contribution in [0.25, 0.3) is 0 Å². The third-order valence-corrected chi connectivity index (χ3v) is 5.55. The van der Waals surface area contributed by atoms with Crippen LogP contribution >= 0.6 is 22.7 Å². The SMILES string of the molecule is CCN1CCN(C(=O)NC(c2ccsc2)c2cccs2)C(=O)C1=O. The van der Waals surface area contributed by atoms with Gasteiger partial charge in [-0.1, -0.05) is 6.07 Å². The average Bonchev–Trinajstić information content (AvgIpc) is 3.28. The number of nitrogens with one attached hydrogen (secondary N) is 1. The molecule has 0 bridgehead atoms. The fraction of sp³-hybridized carbons (Fsp3) is 0.312. The molecular formula is C16H17N3O3S2. The van der Waals surface area contributed by atoms with Crippen molar-refractivity contribution >= 4 is 40.5 Å². The first-order valence-corrected chi connectivity index (χ1v) is 9.40. The standard InChI is InChI=1S/C16H17N3O3S2/c1-2-18-6-7-19(15(21)14(18)20)16(22)17-13(11-5-9-23-10-11)12-4-3-8-24-12/h3-5,8-10,13H,2,6-7H2,1H3,(H,17,22). The molecule has 0 saturated carbocycles. The van der Waals surface area contributed by atoms with Crippen LogP contribution in [-0.4, -0.2) is 47.3 Å². The first kappa shape index (κ1) is 16.7. The molecule has 0 aromatic carbocycles. The second kappa shape index (κ2) is 7.14. The van der Waals surface area contributed by atoms with Crippen molar-refractivity contribution in [1.82, 2.24) is 15.1 Å². The molecule has 0 radical (unpaired) electrons. The van der Waals surface area contributed by atoms with Crippen molar-refractivity contribution in [2.45, 2.75) is 13.0 Å². The molecule has 1 unspecified atom stereocenters. The quantitative estimate of drug-likeness (QED) is 0.848. The largest absolute Gasteiger partial charge is 0.333 e. The summed E-state index contributed by atoms with van der Waals surface area (Å²) in [6, 6.07) is 4.94. The summed E-state index contributed by atoms with van der Waals surface area (Å²) in [5, 5.41) is 8.73. The zero-order valence-corrected chi connectivity index (χ0v) is 14.7. The van der Waals surface area contributed by atoms with Crippen LogP contribution in [0.15, 0.2) is 34.3 Å². The number of hydrogen-bond acceptors (Lipinski definition) is 5. The Bertz CT molecular complexity index is 694. The van der Waals surface area contributed by atoms with Crippen LogP contribution in [0.5, 0.6) is 0 Å². The van der Waals surface area contributed by atoms with Gasteiger partial charge in [0.2, 0.25) is 0 Å². The molecule has 1 N–H and O–H groups in total. The van der Waals surface area contributed by atoms with Gasteiger partial charge in [0.05, 0.1) is 6.04 Å². The molecule has 24 heavy (non-hydrogen) atoms. The van der Waals surface area contributed by atoms with E-state index in [1.165, 1.54) is 16.2 Å². The number of carbonyl (C=O) groups is 3. The second-order valence-corrected chi connectivity index (χ2v) is 7.06. The topological polar surface area (TPSA) is 69.7 Å². The summed E-state index contributed by atoms with van der Waals surface area (Å²) in [5.74, 6) is -1.39. The summed E-state index contributed by atoms with van der Waals surface area (Å²) in [5.41, 5.74) is 0.960. The fourth-order valence-corrected chi connectivity index (χ4v) is 4.07. The van der Waals surface area contributed by atoms with E-state index >= 15 is 0 Å². The van der Waals surface area contributed by atoms with Crippen LogP contribution in [0.4, 0.5) is 4.79 Å². The summed E-state index contributed by atoms with van der Waals surface area (Å²) in [6.45, 7) is 2.86. The lowest BCUT2D eigenvalue weighted by molar-refractivity contribution is -0.153. The molecule has 6 nitrogen and oxygen atoms in total. The maximum absolute atomic E-state index is 12.6. The molecule has 0 spiro atoms. The van der Waals surface area contributed by atoms with E-state index in [1.54, 1.807) is 11.3 Å². The highest BCUT2D eigenvalue weighted by Gasteiger charge is 2.36. The Labute approximate surface area is 147 Å². The van der Waals surface area contributed by atoms with E-state index in [0.29, 0.717) is 13.1 Å². The Hall–Kier alpha value is -2.19. The molecule has 4 amide bonds. The van der Waals surface area contributed by atoms with E-state index in [1.807, 2.05) is 41.3 Å². The molecule has 1 aliphatic heterocycles. The number of piperazine rings is 1. The predicted molar refractivity (Wildman–Crippen MR) is 93.0 cm³/mol. The Balaban J connectivity index is 1.77. The van der Waals surface area contributed by atoms with Crippen LogP contribution in [0.1, 0.15) is 23.4 Å². The molecular weight excluding hydrogens is 346 g/mol. The lowest BCUT2D eigenvalue weighted by Gasteiger charge is -2.32. The van der Waals surface area contributed by atoms with Crippen molar-refractivity contribution in [1.29, 1.82) is 0 Å². The fourth-order valence-electron chi connectivity index (χ4n) is 2.58. The highest BCUT2D eigenvalue weighted by molar-refractivity contribution is 7.10. The van der Waals surface area contributed by atoms with Crippen LogP contribution in [0.2, 0.25) is 0 Å². The van der Waals surface area contributed by atoms with Crippen LogP contribution in [-0.2, 0) is 9.59 Å². The van der Waals surface area contributed by atoms with Gasteiger partial charge in [-0.25, -0.2) is 4.79 Å². The van der Waals surface area contributed by atoms with Gasteiger partial charge in [0.1, 0.15) is 0 Å². The zero-order valence-electron chi connectivity index (χ0n) is 13.1. The number of hydrogen-bond donors (Lipinski definition) is 1.